The molecule has 2 N–H and O–H groups in total. The van der Waals surface area contributed by atoms with Gasteiger partial charge in [0.25, 0.3) is 0 Å². The van der Waals surface area contributed by atoms with E-state index in [0.29, 0.717) is 5.56 Å². The van der Waals surface area contributed by atoms with Crippen LogP contribution in [-0.4, -0.2) is 37.2 Å². The van der Waals surface area contributed by atoms with Crippen molar-refractivity contribution in [2.45, 2.75) is 24.3 Å². The van der Waals surface area contributed by atoms with Gasteiger partial charge in [-0.05, 0) is 24.1 Å². The Balaban J connectivity index is 2.09. The van der Waals surface area contributed by atoms with Gasteiger partial charge in [-0.15, -0.1) is 0 Å². The minimum absolute atomic E-state index is 0.0695. The maximum Gasteiger partial charge on any atom is 0.326 e. The molecule has 0 heterocycles. The van der Waals surface area contributed by atoms with E-state index in [2.05, 4.69) is 5.32 Å². The highest BCUT2D eigenvalue weighted by molar-refractivity contribution is 7.92. The number of nitrogens with one attached hydrogen (secondary N) is 1. The van der Waals surface area contributed by atoms with Crippen LogP contribution in [0.25, 0.3) is 0 Å². The van der Waals surface area contributed by atoms with Gasteiger partial charge in [0, 0.05) is 6.42 Å². The largest absolute Gasteiger partial charge is 0.480 e. The van der Waals surface area contributed by atoms with E-state index < -0.39 is 33.5 Å². The quantitative estimate of drug-likeness (QED) is 0.780. The Morgan fingerprint density at radius 3 is 2.24 bits per heavy atom. The average molecular weight is 361 g/mol. The summed E-state index contributed by atoms with van der Waals surface area (Å²) in [6.07, 6.45) is 0.0757. The first kappa shape index (κ1) is 18.7. The van der Waals surface area contributed by atoms with E-state index in [0.717, 1.165) is 5.56 Å². The van der Waals surface area contributed by atoms with E-state index in [1.54, 1.807) is 55.5 Å². The minimum Gasteiger partial charge on any atom is -0.480 e. The number of carboxylic acid groups (broad SMARTS) is 1. The molecule has 0 aliphatic carbocycles. The van der Waals surface area contributed by atoms with Gasteiger partial charge in [0.05, 0.1) is 4.90 Å². The van der Waals surface area contributed by atoms with Crippen molar-refractivity contribution in [3.05, 3.63) is 65.7 Å². The molecular formula is C18H19NO5S. The van der Waals surface area contributed by atoms with Crippen LogP contribution >= 0.6 is 0 Å². The number of aryl methyl sites for hydroxylation is 1. The van der Waals surface area contributed by atoms with Gasteiger partial charge in [-0.25, -0.2) is 13.2 Å². The molecule has 0 aliphatic heterocycles. The maximum absolute atomic E-state index is 12.4. The topological polar surface area (TPSA) is 101 Å². The van der Waals surface area contributed by atoms with Gasteiger partial charge in [-0.3, -0.25) is 4.79 Å². The molecule has 0 spiro atoms. The second-order valence-corrected chi connectivity index (χ2v) is 7.63. The fourth-order valence-corrected chi connectivity index (χ4v) is 3.87. The van der Waals surface area contributed by atoms with Crippen LogP contribution in [0.5, 0.6) is 0 Å². The predicted molar refractivity (Wildman–Crippen MR) is 92.9 cm³/mol. The first-order valence-corrected chi connectivity index (χ1v) is 9.29. The van der Waals surface area contributed by atoms with E-state index in [9.17, 15) is 23.1 Å². The number of rotatable bonds is 7. The number of hydrogen-bond acceptors (Lipinski definition) is 4. The standard InChI is InChI=1S/C18H19NO5S/c1-13-7-5-6-10-16(13)25(23,24)12-17(20)19-15(18(21)22)11-14-8-3-2-4-9-14/h2-10,15H,11-12H2,1H3,(H,19,20)(H,21,22)/t15-/m0/s1. The molecule has 0 aliphatic rings. The lowest BCUT2D eigenvalue weighted by atomic mass is 10.1. The van der Waals surface area contributed by atoms with Gasteiger partial charge < -0.3 is 10.4 Å². The highest BCUT2D eigenvalue weighted by atomic mass is 32.2. The zero-order valence-corrected chi connectivity index (χ0v) is 14.5. The molecule has 6 nitrogen and oxygen atoms in total. The van der Waals surface area contributed by atoms with Crippen molar-refractivity contribution in [1.82, 2.24) is 5.32 Å². The van der Waals surface area contributed by atoms with Crippen molar-refractivity contribution < 1.29 is 23.1 Å². The number of carbonyl (C=O) groups is 2. The molecule has 0 radical (unpaired) electrons. The number of carbonyl (C=O) groups excluding carboxylic acids is 1. The Morgan fingerprint density at radius 2 is 1.64 bits per heavy atom. The lowest BCUT2D eigenvalue weighted by molar-refractivity contribution is -0.141. The van der Waals surface area contributed by atoms with Crippen molar-refractivity contribution in [2.75, 3.05) is 5.75 Å². The summed E-state index contributed by atoms with van der Waals surface area (Å²) in [5, 5.41) is 11.6. The van der Waals surface area contributed by atoms with E-state index in [4.69, 9.17) is 0 Å². The Morgan fingerprint density at radius 1 is 1.04 bits per heavy atom. The zero-order chi connectivity index (χ0) is 18.4. The second kappa shape index (κ2) is 7.94. The van der Waals surface area contributed by atoms with Crippen molar-refractivity contribution in [3.8, 4) is 0 Å². The smallest absolute Gasteiger partial charge is 0.326 e. The van der Waals surface area contributed by atoms with Crippen molar-refractivity contribution >= 4 is 21.7 Å². The second-order valence-electron chi connectivity index (χ2n) is 5.67. The molecule has 2 aromatic carbocycles. The van der Waals surface area contributed by atoms with Gasteiger partial charge in [-0.2, -0.15) is 0 Å². The highest BCUT2D eigenvalue weighted by Crippen LogP contribution is 2.15. The maximum atomic E-state index is 12.4. The monoisotopic (exact) mass is 361 g/mol. The van der Waals surface area contributed by atoms with Crippen LogP contribution in [-0.2, 0) is 25.8 Å². The van der Waals surface area contributed by atoms with Crippen molar-refractivity contribution in [1.29, 1.82) is 0 Å². The summed E-state index contributed by atoms with van der Waals surface area (Å²) in [6, 6.07) is 14.0. The summed E-state index contributed by atoms with van der Waals surface area (Å²) >= 11 is 0. The predicted octanol–water partition coefficient (Wildman–Crippen LogP) is 1.58. The van der Waals surface area contributed by atoms with Crippen LogP contribution in [0.15, 0.2) is 59.5 Å². The number of sulfone groups is 1. The Labute approximate surface area is 146 Å². The summed E-state index contributed by atoms with van der Waals surface area (Å²) in [4.78, 5) is 23.5. The number of hydrogen-bond donors (Lipinski definition) is 2. The fourth-order valence-electron chi connectivity index (χ4n) is 2.44. The summed E-state index contributed by atoms with van der Waals surface area (Å²) in [6.45, 7) is 1.64. The fraction of sp³-hybridized carbons (Fsp3) is 0.222. The lowest BCUT2D eigenvalue weighted by Gasteiger charge is -2.15. The normalized spacial score (nSPS) is 12.4. The number of amides is 1. The Hall–Kier alpha value is -2.67. The first-order valence-electron chi connectivity index (χ1n) is 7.64. The van der Waals surface area contributed by atoms with Gasteiger partial charge in [0.15, 0.2) is 9.84 Å². The van der Waals surface area contributed by atoms with Crippen LogP contribution in [0, 0.1) is 6.92 Å². The highest BCUT2D eigenvalue weighted by Gasteiger charge is 2.25. The van der Waals surface area contributed by atoms with Crippen LogP contribution in [0.3, 0.4) is 0 Å². The van der Waals surface area contributed by atoms with Crippen molar-refractivity contribution in [3.63, 3.8) is 0 Å². The van der Waals surface area contributed by atoms with E-state index >= 15 is 0 Å². The third-order valence-electron chi connectivity index (χ3n) is 3.67. The number of aliphatic carboxylic acids is 1. The lowest BCUT2D eigenvalue weighted by Crippen LogP contribution is -2.44. The van der Waals surface area contributed by atoms with Gasteiger partial charge >= 0.3 is 5.97 Å². The number of carboxylic acids is 1. The van der Waals surface area contributed by atoms with E-state index in [1.165, 1.54) is 6.07 Å². The molecule has 0 fully saturated rings. The van der Waals surface area contributed by atoms with Crippen LogP contribution in [0.2, 0.25) is 0 Å². The van der Waals surface area contributed by atoms with Gasteiger partial charge in [-0.1, -0.05) is 48.5 Å². The van der Waals surface area contributed by atoms with E-state index in [-0.39, 0.29) is 11.3 Å². The molecule has 1 amide bonds. The molecule has 0 saturated carbocycles. The third-order valence-corrected chi connectivity index (χ3v) is 5.44. The molecule has 132 valence electrons. The van der Waals surface area contributed by atoms with Gasteiger partial charge in [0.1, 0.15) is 11.8 Å². The van der Waals surface area contributed by atoms with Crippen LogP contribution < -0.4 is 5.32 Å². The van der Waals surface area contributed by atoms with E-state index in [1.807, 2.05) is 0 Å². The molecule has 7 heteroatoms. The minimum atomic E-state index is -3.84. The molecule has 0 unspecified atom stereocenters. The molecule has 2 aromatic rings. The molecular weight excluding hydrogens is 342 g/mol. The summed E-state index contributed by atoms with van der Waals surface area (Å²) < 4.78 is 24.7. The molecule has 25 heavy (non-hydrogen) atoms. The number of benzene rings is 2. The Bertz CT molecular complexity index is 862. The molecule has 0 aromatic heterocycles. The zero-order valence-electron chi connectivity index (χ0n) is 13.7. The summed E-state index contributed by atoms with van der Waals surface area (Å²) in [5.74, 6) is -2.85. The Kier molecular flexibility index (Phi) is 5.93. The van der Waals surface area contributed by atoms with Crippen LogP contribution in [0.4, 0.5) is 0 Å². The first-order chi connectivity index (χ1) is 11.8. The molecule has 0 saturated heterocycles. The van der Waals surface area contributed by atoms with Gasteiger partial charge in [0.2, 0.25) is 5.91 Å². The van der Waals surface area contributed by atoms with Crippen LogP contribution in [0.1, 0.15) is 11.1 Å². The van der Waals surface area contributed by atoms with Crippen molar-refractivity contribution in [2.24, 2.45) is 0 Å². The SMILES string of the molecule is Cc1ccccc1S(=O)(=O)CC(=O)N[C@@H](Cc1ccccc1)C(=O)O. The summed E-state index contributed by atoms with van der Waals surface area (Å²) in [7, 11) is -3.84. The third kappa shape index (κ3) is 5.15. The average Bonchev–Trinajstić information content (AvgIpc) is 2.54. The molecule has 2 rings (SSSR count). The summed E-state index contributed by atoms with van der Waals surface area (Å²) in [5.41, 5.74) is 1.27. The molecule has 1 atom stereocenters. The molecule has 0 bridgehead atoms.